The highest BCUT2D eigenvalue weighted by molar-refractivity contribution is 5.83. The van der Waals surface area contributed by atoms with E-state index < -0.39 is 0 Å². The normalized spacial score (nSPS) is 48.3. The zero-order chi connectivity index (χ0) is 14.4. The Morgan fingerprint density at radius 2 is 1.57 bits per heavy atom. The molecule has 4 saturated carbocycles. The van der Waals surface area contributed by atoms with Gasteiger partial charge in [-0.3, -0.25) is 4.79 Å². The van der Waals surface area contributed by atoms with E-state index in [0.717, 1.165) is 30.3 Å². The molecule has 0 radical (unpaired) electrons. The van der Waals surface area contributed by atoms with E-state index in [2.05, 4.69) is 12.2 Å². The van der Waals surface area contributed by atoms with E-state index >= 15 is 0 Å². The van der Waals surface area contributed by atoms with Crippen LogP contribution in [0.2, 0.25) is 0 Å². The van der Waals surface area contributed by atoms with Gasteiger partial charge in [0, 0.05) is 0 Å². The summed E-state index contributed by atoms with van der Waals surface area (Å²) in [6.07, 6.45) is 10.5. The number of likely N-dealkylation sites (tertiary alicyclic amines) is 1. The predicted octanol–water partition coefficient (Wildman–Crippen LogP) is 1.59. The van der Waals surface area contributed by atoms with E-state index in [1.807, 2.05) is 0 Å². The lowest BCUT2D eigenvalue weighted by Gasteiger charge is -2.55. The quantitative estimate of drug-likeness (QED) is 0.813. The number of quaternary nitrogens is 1. The summed E-state index contributed by atoms with van der Waals surface area (Å²) in [5.41, 5.74) is 0.0390. The molecular weight excluding hydrogens is 260 g/mol. The molecule has 21 heavy (non-hydrogen) atoms. The lowest BCUT2D eigenvalue weighted by molar-refractivity contribution is -0.908. The minimum Gasteiger partial charge on any atom is -0.318 e. The maximum atomic E-state index is 12.9. The summed E-state index contributed by atoms with van der Waals surface area (Å²) < 4.78 is 0. The number of hydrogen-bond donors (Lipinski definition) is 2. The average Bonchev–Trinajstić information content (AvgIpc) is 2.45. The summed E-state index contributed by atoms with van der Waals surface area (Å²) in [5, 5.41) is 3.35. The van der Waals surface area contributed by atoms with Crippen molar-refractivity contribution in [1.29, 1.82) is 0 Å². The molecule has 4 bridgehead atoms. The summed E-state index contributed by atoms with van der Waals surface area (Å²) in [6, 6.07) is 0. The fourth-order valence-corrected chi connectivity index (χ4v) is 6.13. The fraction of sp³-hybridized carbons (Fsp3) is 0.944. The second-order valence-electron chi connectivity index (χ2n) is 8.81. The van der Waals surface area contributed by atoms with Crippen LogP contribution < -0.4 is 10.2 Å². The lowest BCUT2D eigenvalue weighted by atomic mass is 9.49. The molecule has 118 valence electrons. The third kappa shape index (κ3) is 2.62. The highest BCUT2D eigenvalue weighted by Gasteiger charge is 2.54. The Balaban J connectivity index is 1.35. The van der Waals surface area contributed by atoms with E-state index in [9.17, 15) is 4.79 Å². The zero-order valence-corrected chi connectivity index (χ0v) is 13.5. The number of rotatable bonds is 3. The minimum atomic E-state index is 0.0390. The van der Waals surface area contributed by atoms with Gasteiger partial charge in [0.05, 0.1) is 18.5 Å². The van der Waals surface area contributed by atoms with Crippen LogP contribution in [0.4, 0.5) is 0 Å². The molecule has 3 nitrogen and oxygen atoms in total. The Bertz CT molecular complexity index is 376. The summed E-state index contributed by atoms with van der Waals surface area (Å²) >= 11 is 0. The molecule has 5 rings (SSSR count). The van der Waals surface area contributed by atoms with Gasteiger partial charge in [-0.15, -0.1) is 0 Å². The molecule has 0 spiro atoms. The molecule has 4 aliphatic carbocycles. The molecule has 0 aromatic rings. The Morgan fingerprint density at radius 1 is 1.05 bits per heavy atom. The molecule has 2 N–H and O–H groups in total. The lowest BCUT2D eigenvalue weighted by Crippen LogP contribution is -3.14. The molecule has 1 amide bonds. The molecular formula is C18H31N2O+. The van der Waals surface area contributed by atoms with Crippen LogP contribution in [-0.4, -0.2) is 25.7 Å². The highest BCUT2D eigenvalue weighted by atomic mass is 16.2. The first-order valence-corrected chi connectivity index (χ1v) is 9.25. The van der Waals surface area contributed by atoms with Gasteiger partial charge in [-0.1, -0.05) is 6.92 Å². The zero-order valence-electron chi connectivity index (χ0n) is 13.5. The standard InChI is InChI=1S/C18H30N2O/c1-13-2-4-20(5-3-13)12-19-17(21)18-9-14-6-15(10-18)8-16(7-14)11-18/h13-16H,2-12H2,1H3,(H,19,21)/p+1. The van der Waals surface area contributed by atoms with Crippen molar-refractivity contribution in [3.05, 3.63) is 0 Å². The van der Waals surface area contributed by atoms with E-state index in [1.165, 1.54) is 64.5 Å². The Kier molecular flexibility index (Phi) is 3.52. The minimum absolute atomic E-state index is 0.0390. The van der Waals surface area contributed by atoms with Crippen LogP contribution in [0, 0.1) is 29.1 Å². The Morgan fingerprint density at radius 3 is 2.10 bits per heavy atom. The molecule has 0 atom stereocenters. The van der Waals surface area contributed by atoms with Crippen LogP contribution in [-0.2, 0) is 4.79 Å². The molecule has 0 aromatic carbocycles. The van der Waals surface area contributed by atoms with E-state index in [-0.39, 0.29) is 5.41 Å². The summed E-state index contributed by atoms with van der Waals surface area (Å²) in [6.45, 7) is 5.70. The van der Waals surface area contributed by atoms with E-state index in [1.54, 1.807) is 4.90 Å². The van der Waals surface area contributed by atoms with Gasteiger partial charge in [-0.2, -0.15) is 0 Å². The third-order valence-electron chi connectivity index (χ3n) is 7.00. The predicted molar refractivity (Wildman–Crippen MR) is 82.7 cm³/mol. The summed E-state index contributed by atoms with van der Waals surface area (Å²) in [7, 11) is 0. The van der Waals surface area contributed by atoms with Gasteiger partial charge < -0.3 is 10.2 Å². The molecule has 1 aliphatic heterocycles. The van der Waals surface area contributed by atoms with Crippen molar-refractivity contribution in [3.63, 3.8) is 0 Å². The van der Waals surface area contributed by atoms with Crippen molar-refractivity contribution in [3.8, 4) is 0 Å². The van der Waals surface area contributed by atoms with Gasteiger partial charge in [0.15, 0.2) is 6.67 Å². The molecule has 3 heteroatoms. The van der Waals surface area contributed by atoms with Crippen LogP contribution in [0.25, 0.3) is 0 Å². The van der Waals surface area contributed by atoms with Gasteiger partial charge in [-0.05, 0) is 75.0 Å². The monoisotopic (exact) mass is 291 g/mol. The van der Waals surface area contributed by atoms with Crippen molar-refractivity contribution in [2.75, 3.05) is 19.8 Å². The molecule has 5 fully saturated rings. The third-order valence-corrected chi connectivity index (χ3v) is 7.00. The van der Waals surface area contributed by atoms with Gasteiger partial charge in [0.25, 0.3) is 0 Å². The maximum Gasteiger partial charge on any atom is 0.230 e. The van der Waals surface area contributed by atoms with Crippen molar-refractivity contribution in [2.24, 2.45) is 29.1 Å². The number of piperidine rings is 1. The smallest absolute Gasteiger partial charge is 0.230 e. The fourth-order valence-electron chi connectivity index (χ4n) is 6.13. The maximum absolute atomic E-state index is 12.9. The SMILES string of the molecule is CC1CC[NH+](CNC(=O)C23CC4CC(CC(C4)C2)C3)CC1. The molecule has 0 unspecified atom stereocenters. The second-order valence-corrected chi connectivity index (χ2v) is 8.81. The second kappa shape index (κ2) is 5.26. The number of amides is 1. The topological polar surface area (TPSA) is 33.5 Å². The van der Waals surface area contributed by atoms with Gasteiger partial charge in [0.2, 0.25) is 5.91 Å². The Hall–Kier alpha value is -0.570. The molecule has 1 heterocycles. The largest absolute Gasteiger partial charge is 0.318 e. The van der Waals surface area contributed by atoms with Crippen molar-refractivity contribution >= 4 is 5.91 Å². The van der Waals surface area contributed by atoms with E-state index in [0.29, 0.717) is 5.91 Å². The number of carbonyl (C=O) groups is 1. The van der Waals surface area contributed by atoms with Crippen LogP contribution >= 0.6 is 0 Å². The van der Waals surface area contributed by atoms with Gasteiger partial charge in [0.1, 0.15) is 0 Å². The highest BCUT2D eigenvalue weighted by Crippen LogP contribution is 2.60. The van der Waals surface area contributed by atoms with Crippen LogP contribution in [0.15, 0.2) is 0 Å². The van der Waals surface area contributed by atoms with Gasteiger partial charge >= 0.3 is 0 Å². The van der Waals surface area contributed by atoms with Crippen molar-refractivity contribution < 1.29 is 9.69 Å². The van der Waals surface area contributed by atoms with E-state index in [4.69, 9.17) is 0 Å². The molecule has 0 aromatic heterocycles. The van der Waals surface area contributed by atoms with Crippen molar-refractivity contribution in [2.45, 2.75) is 58.3 Å². The first kappa shape index (κ1) is 14.0. The number of hydrogen-bond acceptors (Lipinski definition) is 1. The number of nitrogens with one attached hydrogen (secondary N) is 2. The molecule has 1 saturated heterocycles. The Labute approximate surface area is 128 Å². The first-order chi connectivity index (χ1) is 10.1. The first-order valence-electron chi connectivity index (χ1n) is 9.25. The van der Waals surface area contributed by atoms with Crippen LogP contribution in [0.5, 0.6) is 0 Å². The van der Waals surface area contributed by atoms with Crippen LogP contribution in [0.3, 0.4) is 0 Å². The summed E-state index contributed by atoms with van der Waals surface area (Å²) in [4.78, 5) is 14.5. The van der Waals surface area contributed by atoms with Crippen molar-refractivity contribution in [1.82, 2.24) is 5.32 Å². The van der Waals surface area contributed by atoms with Gasteiger partial charge in [-0.25, -0.2) is 0 Å². The summed E-state index contributed by atoms with van der Waals surface area (Å²) in [5.74, 6) is 3.89. The molecule has 5 aliphatic rings. The van der Waals surface area contributed by atoms with Crippen LogP contribution in [0.1, 0.15) is 58.3 Å². The average molecular weight is 291 g/mol. The number of carbonyl (C=O) groups excluding carboxylic acids is 1.